The molecule has 0 spiro atoms. The van der Waals surface area contributed by atoms with Crippen molar-refractivity contribution < 1.29 is 18.0 Å². The van der Waals surface area contributed by atoms with Crippen molar-refractivity contribution in [1.82, 2.24) is 19.7 Å². The molecule has 0 aliphatic carbocycles. The predicted molar refractivity (Wildman–Crippen MR) is 93.9 cm³/mol. The molecule has 1 amide bonds. The van der Waals surface area contributed by atoms with Gasteiger partial charge in [0.2, 0.25) is 5.91 Å². The lowest BCUT2D eigenvalue weighted by molar-refractivity contribution is -0.117. The first-order valence-electron chi connectivity index (χ1n) is 7.51. The first-order valence-corrected chi connectivity index (χ1v) is 8.30. The summed E-state index contributed by atoms with van der Waals surface area (Å²) in [6.45, 7) is -0.0573. The van der Waals surface area contributed by atoms with Crippen molar-refractivity contribution in [3.63, 3.8) is 0 Å². The zero-order chi connectivity index (χ0) is 19.8. The van der Waals surface area contributed by atoms with Gasteiger partial charge in [-0.05, 0) is 18.2 Å². The molecule has 7 nitrogen and oxygen atoms in total. The molecule has 1 aromatic carbocycles. The van der Waals surface area contributed by atoms with Gasteiger partial charge in [-0.25, -0.2) is 19.0 Å². The molecule has 27 heavy (non-hydrogen) atoms. The van der Waals surface area contributed by atoms with Gasteiger partial charge in [-0.15, -0.1) is 0 Å². The maximum Gasteiger partial charge on any atom is 0.289 e. The number of alkyl halides is 2. The fraction of sp³-hybridized carbons (Fsp3) is 0.188. The minimum absolute atomic E-state index is 0.0225. The third-order valence-corrected chi connectivity index (χ3v) is 4.05. The van der Waals surface area contributed by atoms with Crippen molar-refractivity contribution in [1.29, 1.82) is 0 Å². The molecule has 0 aliphatic rings. The number of anilines is 1. The number of halogens is 4. The number of amides is 1. The van der Waals surface area contributed by atoms with Gasteiger partial charge >= 0.3 is 0 Å². The second kappa shape index (κ2) is 7.06. The Balaban J connectivity index is 2.03. The molecular formula is C16H11BrF3N5O2. The summed E-state index contributed by atoms with van der Waals surface area (Å²) in [5, 5.41) is 5.75. The molecule has 0 atom stereocenters. The third kappa shape index (κ3) is 3.97. The van der Waals surface area contributed by atoms with E-state index in [4.69, 9.17) is 0 Å². The van der Waals surface area contributed by atoms with Crippen LogP contribution in [0.15, 0.2) is 40.0 Å². The van der Waals surface area contributed by atoms with E-state index in [9.17, 15) is 22.8 Å². The summed E-state index contributed by atoms with van der Waals surface area (Å²) in [5.41, 5.74) is -1.39. The van der Waals surface area contributed by atoms with E-state index in [1.807, 2.05) is 0 Å². The quantitative estimate of drug-likeness (QED) is 0.672. The van der Waals surface area contributed by atoms with Crippen molar-refractivity contribution in [2.45, 2.75) is 19.4 Å². The highest BCUT2D eigenvalue weighted by Gasteiger charge is 2.31. The van der Waals surface area contributed by atoms with Crippen LogP contribution in [-0.2, 0) is 17.3 Å². The summed E-state index contributed by atoms with van der Waals surface area (Å²) in [7, 11) is 0. The summed E-state index contributed by atoms with van der Waals surface area (Å²) in [4.78, 5) is 31.6. The van der Waals surface area contributed by atoms with Crippen LogP contribution in [0.1, 0.15) is 12.6 Å². The molecule has 0 unspecified atom stereocenters. The number of nitrogens with one attached hydrogen (secondary N) is 1. The number of aromatic nitrogens is 4. The van der Waals surface area contributed by atoms with Crippen LogP contribution in [0, 0.1) is 5.82 Å². The Morgan fingerprint density at radius 3 is 2.74 bits per heavy atom. The fourth-order valence-electron chi connectivity index (χ4n) is 2.40. The van der Waals surface area contributed by atoms with Gasteiger partial charge in [-0.1, -0.05) is 15.9 Å². The van der Waals surface area contributed by atoms with Gasteiger partial charge in [-0.2, -0.15) is 13.9 Å². The molecular weight excluding hydrogens is 431 g/mol. The number of nitrogens with zero attached hydrogens (tertiary/aromatic N) is 4. The summed E-state index contributed by atoms with van der Waals surface area (Å²) >= 11 is 3.17. The average Bonchev–Trinajstić information content (AvgIpc) is 2.58. The van der Waals surface area contributed by atoms with E-state index in [1.54, 1.807) is 0 Å². The van der Waals surface area contributed by atoms with E-state index < -0.39 is 41.3 Å². The molecule has 2 heterocycles. The van der Waals surface area contributed by atoms with Crippen molar-refractivity contribution in [2.75, 3.05) is 5.32 Å². The summed E-state index contributed by atoms with van der Waals surface area (Å²) < 4.78 is 42.6. The van der Waals surface area contributed by atoms with E-state index in [2.05, 4.69) is 36.3 Å². The Morgan fingerprint density at radius 1 is 1.33 bits per heavy atom. The molecule has 0 bridgehead atoms. The number of carbonyl (C=O) groups is 1. The molecule has 11 heteroatoms. The highest BCUT2D eigenvalue weighted by Crippen LogP contribution is 2.31. The van der Waals surface area contributed by atoms with Gasteiger partial charge in [0.1, 0.15) is 18.6 Å². The van der Waals surface area contributed by atoms with Crippen molar-refractivity contribution in [3.8, 4) is 0 Å². The van der Waals surface area contributed by atoms with E-state index in [0.29, 0.717) is 16.1 Å². The van der Waals surface area contributed by atoms with Crippen LogP contribution < -0.4 is 10.9 Å². The van der Waals surface area contributed by atoms with Gasteiger partial charge < -0.3 is 5.32 Å². The Hall–Kier alpha value is -2.82. The van der Waals surface area contributed by atoms with Gasteiger partial charge in [-0.3, -0.25) is 9.59 Å². The van der Waals surface area contributed by atoms with Crippen LogP contribution in [0.25, 0.3) is 10.8 Å². The Bertz CT molecular complexity index is 1100. The Labute approximate surface area is 158 Å². The second-order valence-electron chi connectivity index (χ2n) is 5.66. The number of rotatable bonds is 4. The number of carbonyl (C=O) groups excluding carboxylic acids is 1. The van der Waals surface area contributed by atoms with E-state index >= 15 is 0 Å². The SMILES string of the molecule is CC(F)(F)c1nn(CC(=O)Nc2ncncc2F)c(=O)c2ccc(Br)cc12. The lowest BCUT2D eigenvalue weighted by Gasteiger charge is -2.15. The maximum absolute atomic E-state index is 14.0. The molecule has 0 radical (unpaired) electrons. The Morgan fingerprint density at radius 2 is 2.07 bits per heavy atom. The maximum atomic E-state index is 14.0. The number of hydrogen-bond acceptors (Lipinski definition) is 5. The topological polar surface area (TPSA) is 89.8 Å². The molecule has 0 aliphatic heterocycles. The summed E-state index contributed by atoms with van der Waals surface area (Å²) in [6.07, 6.45) is 1.86. The number of hydrogen-bond donors (Lipinski definition) is 1. The van der Waals surface area contributed by atoms with Crippen LogP contribution >= 0.6 is 15.9 Å². The van der Waals surface area contributed by atoms with E-state index in [1.165, 1.54) is 18.2 Å². The van der Waals surface area contributed by atoms with Crippen LogP contribution in [0.5, 0.6) is 0 Å². The zero-order valence-electron chi connectivity index (χ0n) is 13.7. The van der Waals surface area contributed by atoms with Crippen LogP contribution in [-0.4, -0.2) is 25.7 Å². The zero-order valence-corrected chi connectivity index (χ0v) is 15.3. The largest absolute Gasteiger partial charge is 0.307 e. The highest BCUT2D eigenvalue weighted by atomic mass is 79.9. The number of benzene rings is 1. The fourth-order valence-corrected chi connectivity index (χ4v) is 2.76. The molecule has 2 aromatic heterocycles. The van der Waals surface area contributed by atoms with E-state index in [-0.39, 0.29) is 10.8 Å². The molecule has 0 saturated heterocycles. The van der Waals surface area contributed by atoms with Crippen molar-refractivity contribution >= 4 is 38.4 Å². The standard InChI is InChI=1S/C16H11BrF3N5O2/c1-16(19,20)13-10-4-8(17)2-3-9(10)15(27)25(24-13)6-12(26)23-14-11(18)5-21-7-22-14/h2-5,7H,6H2,1H3,(H,21,22,23,26). The third-order valence-electron chi connectivity index (χ3n) is 3.56. The van der Waals surface area contributed by atoms with Crippen LogP contribution in [0.2, 0.25) is 0 Å². The highest BCUT2D eigenvalue weighted by molar-refractivity contribution is 9.10. The van der Waals surface area contributed by atoms with Crippen LogP contribution in [0.4, 0.5) is 19.0 Å². The predicted octanol–water partition coefficient (Wildman–Crippen LogP) is 2.84. The first kappa shape index (κ1) is 19.0. The molecule has 140 valence electrons. The monoisotopic (exact) mass is 441 g/mol. The molecule has 0 fully saturated rings. The van der Waals surface area contributed by atoms with Gasteiger partial charge in [0.05, 0.1) is 11.6 Å². The normalized spacial score (nSPS) is 11.6. The summed E-state index contributed by atoms with van der Waals surface area (Å²) in [5.74, 6) is -5.49. The van der Waals surface area contributed by atoms with Gasteiger partial charge in [0.15, 0.2) is 11.6 Å². The van der Waals surface area contributed by atoms with Crippen LogP contribution in [0.3, 0.4) is 0 Å². The number of fused-ring (bicyclic) bond motifs is 1. The van der Waals surface area contributed by atoms with Crippen molar-refractivity contribution in [2.24, 2.45) is 0 Å². The molecule has 3 rings (SSSR count). The van der Waals surface area contributed by atoms with E-state index in [0.717, 1.165) is 12.5 Å². The Kier molecular flexibility index (Phi) is 4.96. The first-order chi connectivity index (χ1) is 12.7. The molecule has 1 N–H and O–H groups in total. The smallest absolute Gasteiger partial charge is 0.289 e. The summed E-state index contributed by atoms with van der Waals surface area (Å²) in [6, 6.07) is 4.23. The lowest BCUT2D eigenvalue weighted by atomic mass is 10.1. The van der Waals surface area contributed by atoms with Crippen molar-refractivity contribution in [3.05, 3.63) is 57.1 Å². The minimum atomic E-state index is -3.36. The second-order valence-corrected chi connectivity index (χ2v) is 6.57. The minimum Gasteiger partial charge on any atom is -0.307 e. The molecule has 0 saturated carbocycles. The molecule has 3 aromatic rings. The average molecular weight is 442 g/mol. The van der Waals surface area contributed by atoms with Gasteiger partial charge in [0.25, 0.3) is 11.5 Å². The lowest BCUT2D eigenvalue weighted by Crippen LogP contribution is -2.32. The van der Waals surface area contributed by atoms with Gasteiger partial charge in [0, 0.05) is 16.8 Å².